The van der Waals surface area contributed by atoms with Crippen molar-refractivity contribution >= 4 is 5.97 Å². The Morgan fingerprint density at radius 3 is 2.56 bits per heavy atom. The van der Waals surface area contributed by atoms with Gasteiger partial charge in [0.25, 0.3) is 0 Å². The smallest absolute Gasteiger partial charge is 0.310 e. The molecule has 18 heavy (non-hydrogen) atoms. The summed E-state index contributed by atoms with van der Waals surface area (Å²) in [6.45, 7) is 2.49. The second kappa shape index (κ2) is 5.48. The van der Waals surface area contributed by atoms with Crippen LogP contribution in [-0.4, -0.2) is 23.7 Å². The molecule has 1 aliphatic rings. The molecule has 1 aliphatic heterocycles. The maximum absolute atomic E-state index is 11.3. The lowest BCUT2D eigenvalue weighted by Gasteiger charge is -2.17. The van der Waals surface area contributed by atoms with E-state index in [1.165, 1.54) is 5.56 Å². The first-order valence-electron chi connectivity index (χ1n) is 6.16. The van der Waals surface area contributed by atoms with Crippen LogP contribution in [0.5, 0.6) is 0 Å². The standard InChI is InChI=1S/C13H19N3O2/c1-8-11(13(17)18)12(16-15-8)10-4-2-9(3-5-10)6-7-14/h2-5,8,11-12,15-16H,6-7,14H2,1H3,(H,17,18). The summed E-state index contributed by atoms with van der Waals surface area (Å²) >= 11 is 0. The van der Waals surface area contributed by atoms with E-state index in [0.29, 0.717) is 6.54 Å². The first-order chi connectivity index (χ1) is 8.63. The van der Waals surface area contributed by atoms with Gasteiger partial charge in [-0.3, -0.25) is 10.2 Å². The summed E-state index contributed by atoms with van der Waals surface area (Å²) in [5.74, 6) is -1.23. The second-order valence-corrected chi connectivity index (χ2v) is 4.70. The Morgan fingerprint density at radius 2 is 2.00 bits per heavy atom. The van der Waals surface area contributed by atoms with E-state index in [-0.39, 0.29) is 12.1 Å². The van der Waals surface area contributed by atoms with E-state index in [0.717, 1.165) is 12.0 Å². The molecule has 3 unspecified atom stereocenters. The van der Waals surface area contributed by atoms with Crippen molar-refractivity contribution in [2.24, 2.45) is 11.7 Å². The fourth-order valence-corrected chi connectivity index (χ4v) is 2.39. The number of rotatable bonds is 4. The first kappa shape index (κ1) is 13.0. The van der Waals surface area contributed by atoms with Crippen molar-refractivity contribution < 1.29 is 9.90 Å². The Hall–Kier alpha value is -1.43. The van der Waals surface area contributed by atoms with E-state index in [9.17, 15) is 9.90 Å². The third-order valence-electron chi connectivity index (χ3n) is 3.42. The average Bonchev–Trinajstić information content (AvgIpc) is 2.73. The van der Waals surface area contributed by atoms with E-state index >= 15 is 0 Å². The minimum Gasteiger partial charge on any atom is -0.481 e. The molecule has 1 aromatic rings. The van der Waals surface area contributed by atoms with Gasteiger partial charge in [-0.05, 0) is 31.0 Å². The lowest BCUT2D eigenvalue weighted by atomic mass is 9.90. The number of benzene rings is 1. The molecule has 1 aromatic carbocycles. The lowest BCUT2D eigenvalue weighted by molar-refractivity contribution is -0.142. The average molecular weight is 249 g/mol. The fraction of sp³-hybridized carbons (Fsp3) is 0.462. The van der Waals surface area contributed by atoms with Crippen LogP contribution >= 0.6 is 0 Å². The number of hydrogen-bond donors (Lipinski definition) is 4. The molecule has 0 bridgehead atoms. The number of nitrogens with two attached hydrogens (primary N) is 1. The van der Waals surface area contributed by atoms with Crippen molar-refractivity contribution in [1.29, 1.82) is 0 Å². The van der Waals surface area contributed by atoms with Crippen LogP contribution in [0.4, 0.5) is 0 Å². The normalized spacial score (nSPS) is 27.3. The van der Waals surface area contributed by atoms with Crippen LogP contribution in [0.15, 0.2) is 24.3 Å². The molecule has 98 valence electrons. The second-order valence-electron chi connectivity index (χ2n) is 4.70. The summed E-state index contributed by atoms with van der Waals surface area (Å²) in [6.07, 6.45) is 0.843. The molecule has 5 nitrogen and oxygen atoms in total. The van der Waals surface area contributed by atoms with E-state index in [1.54, 1.807) is 0 Å². The third kappa shape index (κ3) is 2.53. The molecular weight excluding hydrogens is 230 g/mol. The zero-order valence-corrected chi connectivity index (χ0v) is 10.4. The highest BCUT2D eigenvalue weighted by molar-refractivity contribution is 5.72. The fourth-order valence-electron chi connectivity index (χ4n) is 2.39. The maximum atomic E-state index is 11.3. The summed E-state index contributed by atoms with van der Waals surface area (Å²) < 4.78 is 0. The quantitative estimate of drug-likeness (QED) is 0.621. The highest BCUT2D eigenvalue weighted by Crippen LogP contribution is 2.29. The van der Waals surface area contributed by atoms with Crippen LogP contribution < -0.4 is 16.6 Å². The number of aliphatic carboxylic acids is 1. The van der Waals surface area contributed by atoms with Gasteiger partial charge in [-0.25, -0.2) is 5.43 Å². The molecule has 0 saturated carbocycles. The Kier molecular flexibility index (Phi) is 3.96. The molecule has 1 fully saturated rings. The summed E-state index contributed by atoms with van der Waals surface area (Å²) in [5.41, 5.74) is 13.7. The van der Waals surface area contributed by atoms with Gasteiger partial charge in [0.2, 0.25) is 0 Å². The largest absolute Gasteiger partial charge is 0.481 e. The van der Waals surface area contributed by atoms with Crippen molar-refractivity contribution in [3.05, 3.63) is 35.4 Å². The van der Waals surface area contributed by atoms with E-state index in [4.69, 9.17) is 5.73 Å². The number of carbonyl (C=O) groups is 1. The van der Waals surface area contributed by atoms with Gasteiger partial charge >= 0.3 is 5.97 Å². The summed E-state index contributed by atoms with van der Waals surface area (Å²) in [7, 11) is 0. The molecule has 0 spiro atoms. The Bertz CT molecular complexity index is 419. The predicted octanol–water partition coefficient (Wildman–Crippen LogP) is 0.426. The van der Waals surface area contributed by atoms with Crippen LogP contribution in [0, 0.1) is 5.92 Å². The summed E-state index contributed by atoms with van der Waals surface area (Å²) in [4.78, 5) is 11.3. The van der Waals surface area contributed by atoms with Crippen LogP contribution in [0.2, 0.25) is 0 Å². The summed E-state index contributed by atoms with van der Waals surface area (Å²) in [6, 6.07) is 7.68. The van der Waals surface area contributed by atoms with Gasteiger partial charge in [-0.15, -0.1) is 0 Å². The van der Waals surface area contributed by atoms with Crippen LogP contribution in [0.25, 0.3) is 0 Å². The van der Waals surface area contributed by atoms with Crippen LogP contribution in [-0.2, 0) is 11.2 Å². The van der Waals surface area contributed by atoms with Crippen molar-refractivity contribution in [3.63, 3.8) is 0 Å². The van der Waals surface area contributed by atoms with Crippen molar-refractivity contribution in [1.82, 2.24) is 10.9 Å². The predicted molar refractivity (Wildman–Crippen MR) is 68.8 cm³/mol. The van der Waals surface area contributed by atoms with Gasteiger partial charge in [0.1, 0.15) is 0 Å². The number of hydrazine groups is 1. The van der Waals surface area contributed by atoms with Crippen molar-refractivity contribution in [2.75, 3.05) is 6.54 Å². The summed E-state index contributed by atoms with van der Waals surface area (Å²) in [5, 5.41) is 9.26. The molecule has 1 heterocycles. The molecule has 1 saturated heterocycles. The highest BCUT2D eigenvalue weighted by Gasteiger charge is 2.39. The molecular formula is C13H19N3O2. The van der Waals surface area contributed by atoms with Gasteiger partial charge in [-0.1, -0.05) is 24.3 Å². The van der Waals surface area contributed by atoms with E-state index in [1.807, 2.05) is 31.2 Å². The van der Waals surface area contributed by atoms with E-state index < -0.39 is 11.9 Å². The van der Waals surface area contributed by atoms with Crippen LogP contribution in [0.3, 0.4) is 0 Å². The molecule has 5 N–H and O–H groups in total. The zero-order valence-electron chi connectivity index (χ0n) is 10.4. The van der Waals surface area contributed by atoms with Gasteiger partial charge in [0.15, 0.2) is 0 Å². The molecule has 0 radical (unpaired) electrons. The topological polar surface area (TPSA) is 87.4 Å². The number of carboxylic acid groups (broad SMARTS) is 1. The van der Waals surface area contributed by atoms with E-state index in [2.05, 4.69) is 10.9 Å². The SMILES string of the molecule is CC1NNC(c2ccc(CCN)cc2)C1C(=O)O. The molecule has 0 aromatic heterocycles. The van der Waals surface area contributed by atoms with Crippen molar-refractivity contribution in [2.45, 2.75) is 25.4 Å². The number of hydrogen-bond acceptors (Lipinski definition) is 4. The third-order valence-corrected chi connectivity index (χ3v) is 3.42. The van der Waals surface area contributed by atoms with Gasteiger partial charge in [0.05, 0.1) is 12.0 Å². The minimum atomic E-state index is -0.781. The Labute approximate surface area is 106 Å². The molecule has 5 heteroatoms. The molecule has 0 aliphatic carbocycles. The Balaban J connectivity index is 2.17. The zero-order chi connectivity index (χ0) is 13.1. The molecule has 2 rings (SSSR count). The van der Waals surface area contributed by atoms with Crippen molar-refractivity contribution in [3.8, 4) is 0 Å². The first-order valence-corrected chi connectivity index (χ1v) is 6.16. The maximum Gasteiger partial charge on any atom is 0.310 e. The van der Waals surface area contributed by atoms with Gasteiger partial charge in [0, 0.05) is 6.04 Å². The van der Waals surface area contributed by atoms with Gasteiger partial charge in [-0.2, -0.15) is 0 Å². The lowest BCUT2D eigenvalue weighted by Crippen LogP contribution is -2.30. The van der Waals surface area contributed by atoms with Gasteiger partial charge < -0.3 is 10.8 Å². The number of carboxylic acids is 1. The Morgan fingerprint density at radius 1 is 1.33 bits per heavy atom. The highest BCUT2D eigenvalue weighted by atomic mass is 16.4. The van der Waals surface area contributed by atoms with Crippen LogP contribution in [0.1, 0.15) is 24.1 Å². The molecule has 0 amide bonds. The number of nitrogens with one attached hydrogen (secondary N) is 2. The molecule has 3 atom stereocenters. The monoisotopic (exact) mass is 249 g/mol. The minimum absolute atomic E-state index is 0.0868.